The van der Waals surface area contributed by atoms with Crippen LogP contribution in [0.15, 0.2) is 35.7 Å². The Morgan fingerprint density at radius 1 is 1.46 bits per heavy atom. The van der Waals surface area contributed by atoms with Gasteiger partial charge in [-0.25, -0.2) is 4.98 Å². The smallest absolute Gasteiger partial charge is 0.244 e. The summed E-state index contributed by atoms with van der Waals surface area (Å²) in [4.78, 5) is 29.6. The summed E-state index contributed by atoms with van der Waals surface area (Å²) < 4.78 is 5.84. The van der Waals surface area contributed by atoms with Crippen LogP contribution in [0.2, 0.25) is 0 Å². The van der Waals surface area contributed by atoms with E-state index >= 15 is 0 Å². The number of ether oxygens (including phenoxy) is 1. The highest BCUT2D eigenvalue weighted by Crippen LogP contribution is 2.21. The van der Waals surface area contributed by atoms with E-state index in [2.05, 4.69) is 10.3 Å². The second kappa shape index (κ2) is 8.14. The number of hydrogen-bond acceptors (Lipinski definition) is 5. The number of rotatable bonds is 6. The van der Waals surface area contributed by atoms with Gasteiger partial charge in [0.2, 0.25) is 11.8 Å². The van der Waals surface area contributed by atoms with E-state index in [9.17, 15) is 9.59 Å². The third-order valence-electron chi connectivity index (χ3n) is 4.06. The molecule has 7 heteroatoms. The van der Waals surface area contributed by atoms with Gasteiger partial charge in [-0.3, -0.25) is 9.59 Å². The van der Waals surface area contributed by atoms with Crippen molar-refractivity contribution in [3.8, 4) is 5.75 Å². The maximum atomic E-state index is 12.1. The summed E-state index contributed by atoms with van der Waals surface area (Å²) in [7, 11) is 1.74. The number of hydrogen-bond donors (Lipinski definition) is 1. The summed E-state index contributed by atoms with van der Waals surface area (Å²) in [6, 6.07) is 7.39. The zero-order valence-corrected chi connectivity index (χ0v) is 15.6. The number of aromatic nitrogens is 1. The maximum Gasteiger partial charge on any atom is 0.244 e. The first kappa shape index (κ1) is 18.1. The molecule has 0 aliphatic carbocycles. The van der Waals surface area contributed by atoms with E-state index < -0.39 is 0 Å². The van der Waals surface area contributed by atoms with Crippen LogP contribution in [0.25, 0.3) is 6.08 Å². The summed E-state index contributed by atoms with van der Waals surface area (Å²) in [5.74, 6) is 0.524. The molecule has 2 heterocycles. The molecule has 2 amide bonds. The lowest BCUT2D eigenvalue weighted by molar-refractivity contribution is -0.126. The van der Waals surface area contributed by atoms with E-state index in [1.54, 1.807) is 29.4 Å². The van der Waals surface area contributed by atoms with Crippen molar-refractivity contribution < 1.29 is 14.3 Å². The Morgan fingerprint density at radius 2 is 2.27 bits per heavy atom. The fraction of sp³-hybridized carbons (Fsp3) is 0.316. The van der Waals surface area contributed by atoms with Crippen LogP contribution in [-0.4, -0.2) is 41.3 Å². The zero-order chi connectivity index (χ0) is 18.5. The lowest BCUT2D eigenvalue weighted by Crippen LogP contribution is -2.35. The molecule has 0 bridgehead atoms. The molecule has 2 aromatic rings. The molecule has 1 aromatic heterocycles. The van der Waals surface area contributed by atoms with Crippen LogP contribution >= 0.6 is 11.3 Å². The Balaban J connectivity index is 1.59. The number of amides is 2. The largest absolute Gasteiger partial charge is 0.487 e. The lowest BCUT2D eigenvalue weighted by Gasteiger charge is -2.11. The monoisotopic (exact) mass is 371 g/mol. The molecule has 1 aromatic carbocycles. The molecule has 1 aliphatic heterocycles. The predicted molar refractivity (Wildman–Crippen MR) is 101 cm³/mol. The topological polar surface area (TPSA) is 71.5 Å². The van der Waals surface area contributed by atoms with Gasteiger partial charge in [0.05, 0.1) is 16.7 Å². The molecule has 1 N–H and O–H groups in total. The summed E-state index contributed by atoms with van der Waals surface area (Å²) in [6.07, 6.45) is 3.54. The number of para-hydroxylation sites is 1. The Labute approximate surface area is 156 Å². The zero-order valence-electron chi connectivity index (χ0n) is 14.8. The second-order valence-electron chi connectivity index (χ2n) is 6.20. The van der Waals surface area contributed by atoms with Crippen LogP contribution in [0.4, 0.5) is 0 Å². The van der Waals surface area contributed by atoms with Gasteiger partial charge < -0.3 is 15.0 Å². The van der Waals surface area contributed by atoms with Gasteiger partial charge in [0, 0.05) is 37.0 Å². The summed E-state index contributed by atoms with van der Waals surface area (Å²) in [5, 5.41) is 5.83. The van der Waals surface area contributed by atoms with Gasteiger partial charge in [0.15, 0.2) is 0 Å². The van der Waals surface area contributed by atoms with E-state index in [-0.39, 0.29) is 17.9 Å². The number of likely N-dealkylation sites (tertiary alicyclic amines) is 1. The molecule has 0 spiro atoms. The van der Waals surface area contributed by atoms with Gasteiger partial charge in [0.1, 0.15) is 12.4 Å². The molecule has 0 radical (unpaired) electrons. The lowest BCUT2D eigenvalue weighted by atomic mass is 10.2. The molecular formula is C19H21N3O3S. The number of benzene rings is 1. The van der Waals surface area contributed by atoms with Gasteiger partial charge in [-0.15, -0.1) is 11.3 Å². The Bertz CT molecular complexity index is 831. The van der Waals surface area contributed by atoms with E-state index in [1.165, 1.54) is 6.08 Å². The molecule has 26 heavy (non-hydrogen) atoms. The SMILES string of the molecule is Cc1nc(COc2ccccc2C=CC(=O)NC2CC(=O)N(C)C2)cs1. The number of carbonyl (C=O) groups is 2. The van der Waals surface area contributed by atoms with Gasteiger partial charge in [-0.05, 0) is 19.1 Å². The number of carbonyl (C=O) groups excluding carboxylic acids is 2. The number of thiazole rings is 1. The fourth-order valence-corrected chi connectivity index (χ4v) is 3.35. The van der Waals surface area contributed by atoms with Crippen molar-refractivity contribution in [3.63, 3.8) is 0 Å². The van der Waals surface area contributed by atoms with E-state index in [0.29, 0.717) is 25.3 Å². The van der Waals surface area contributed by atoms with Crippen molar-refractivity contribution in [3.05, 3.63) is 52.0 Å². The first-order chi connectivity index (χ1) is 12.5. The van der Waals surface area contributed by atoms with Crippen LogP contribution in [0.5, 0.6) is 5.75 Å². The Hall–Kier alpha value is -2.67. The summed E-state index contributed by atoms with van der Waals surface area (Å²) >= 11 is 1.59. The highest BCUT2D eigenvalue weighted by Gasteiger charge is 2.27. The number of nitrogens with zero attached hydrogens (tertiary/aromatic N) is 2. The first-order valence-corrected chi connectivity index (χ1v) is 9.24. The normalized spacial score (nSPS) is 17.1. The van der Waals surface area contributed by atoms with Gasteiger partial charge in [-0.2, -0.15) is 0 Å². The van der Waals surface area contributed by atoms with Crippen molar-refractivity contribution in [2.75, 3.05) is 13.6 Å². The molecular weight excluding hydrogens is 350 g/mol. The molecule has 3 rings (SSSR count). The molecule has 1 atom stereocenters. The minimum absolute atomic E-state index is 0.0512. The van der Waals surface area contributed by atoms with Crippen molar-refractivity contribution in [1.82, 2.24) is 15.2 Å². The Morgan fingerprint density at radius 3 is 2.96 bits per heavy atom. The van der Waals surface area contributed by atoms with Crippen LogP contribution in [-0.2, 0) is 16.2 Å². The Kier molecular flexibility index (Phi) is 5.68. The third kappa shape index (κ3) is 4.70. The van der Waals surface area contributed by atoms with Crippen molar-refractivity contribution in [2.45, 2.75) is 26.0 Å². The average molecular weight is 371 g/mol. The summed E-state index contributed by atoms with van der Waals surface area (Å²) in [6.45, 7) is 2.89. The van der Waals surface area contributed by atoms with Crippen LogP contribution in [0.3, 0.4) is 0 Å². The van der Waals surface area contributed by atoms with Crippen molar-refractivity contribution >= 4 is 29.2 Å². The number of likely N-dealkylation sites (N-methyl/N-ethyl adjacent to an activating group) is 1. The predicted octanol–water partition coefficient (Wildman–Crippen LogP) is 2.39. The van der Waals surface area contributed by atoms with E-state index in [4.69, 9.17) is 4.74 Å². The van der Waals surface area contributed by atoms with E-state index in [0.717, 1.165) is 16.3 Å². The second-order valence-corrected chi connectivity index (χ2v) is 7.26. The highest BCUT2D eigenvalue weighted by molar-refractivity contribution is 7.09. The van der Waals surface area contributed by atoms with Gasteiger partial charge >= 0.3 is 0 Å². The minimum Gasteiger partial charge on any atom is -0.487 e. The maximum absolute atomic E-state index is 12.1. The molecule has 1 saturated heterocycles. The van der Waals surface area contributed by atoms with Gasteiger partial charge in [0.25, 0.3) is 0 Å². The standard InChI is InChI=1S/C19H21N3O3S/c1-13-20-16(12-26-13)11-25-17-6-4-3-5-14(17)7-8-18(23)21-15-9-19(24)22(2)10-15/h3-8,12,15H,9-11H2,1-2H3,(H,21,23). The average Bonchev–Trinajstić information content (AvgIpc) is 3.17. The fourth-order valence-electron chi connectivity index (χ4n) is 2.75. The quantitative estimate of drug-likeness (QED) is 0.792. The first-order valence-electron chi connectivity index (χ1n) is 8.36. The molecule has 1 aliphatic rings. The van der Waals surface area contributed by atoms with Crippen molar-refractivity contribution in [2.24, 2.45) is 0 Å². The molecule has 136 valence electrons. The highest BCUT2D eigenvalue weighted by atomic mass is 32.1. The van der Waals surface area contributed by atoms with Crippen LogP contribution in [0, 0.1) is 6.92 Å². The molecule has 0 saturated carbocycles. The number of aryl methyl sites for hydroxylation is 1. The third-order valence-corrected chi connectivity index (χ3v) is 4.89. The molecule has 1 unspecified atom stereocenters. The molecule has 6 nitrogen and oxygen atoms in total. The van der Waals surface area contributed by atoms with Crippen LogP contribution < -0.4 is 10.1 Å². The minimum atomic E-state index is -0.219. The van der Waals surface area contributed by atoms with Crippen molar-refractivity contribution in [1.29, 1.82) is 0 Å². The van der Waals surface area contributed by atoms with Crippen LogP contribution in [0.1, 0.15) is 22.7 Å². The van der Waals surface area contributed by atoms with E-state index in [1.807, 2.05) is 36.6 Å². The number of nitrogens with one attached hydrogen (secondary N) is 1. The summed E-state index contributed by atoms with van der Waals surface area (Å²) in [5.41, 5.74) is 1.70. The molecule has 1 fully saturated rings. The van der Waals surface area contributed by atoms with Gasteiger partial charge in [-0.1, -0.05) is 18.2 Å².